The summed E-state index contributed by atoms with van der Waals surface area (Å²) < 4.78 is 5.27. The summed E-state index contributed by atoms with van der Waals surface area (Å²) in [6.07, 6.45) is 1.76. The highest BCUT2D eigenvalue weighted by Crippen LogP contribution is 2.16. The molecule has 2 amide bonds. The summed E-state index contributed by atoms with van der Waals surface area (Å²) in [7, 11) is 0. The lowest BCUT2D eigenvalue weighted by Gasteiger charge is -2.23. The normalized spacial score (nSPS) is 12.0. The van der Waals surface area contributed by atoms with Crippen molar-refractivity contribution in [1.29, 1.82) is 0 Å². The van der Waals surface area contributed by atoms with Gasteiger partial charge in [-0.2, -0.15) is 11.8 Å². The van der Waals surface area contributed by atoms with E-state index >= 15 is 0 Å². The average Bonchev–Trinajstić information content (AvgIpc) is 2.70. The minimum atomic E-state index is -0.746. The molecule has 0 spiro atoms. The number of nitrogens with one attached hydrogen (secondary N) is 3. The topological polar surface area (TPSA) is 118 Å². The number of thioether (sulfide) groups is 1. The van der Waals surface area contributed by atoms with E-state index in [4.69, 9.17) is 10.5 Å². The number of carbonyl (C=O) groups excluding carboxylic acids is 2. The monoisotopic (exact) mass is 445 g/mol. The van der Waals surface area contributed by atoms with Crippen molar-refractivity contribution in [1.82, 2.24) is 10.3 Å². The predicted molar refractivity (Wildman–Crippen MR) is 127 cm³/mol. The molecule has 0 radical (unpaired) electrons. The molecule has 2 rings (SSSR count). The van der Waals surface area contributed by atoms with Gasteiger partial charge in [-0.05, 0) is 63.5 Å². The summed E-state index contributed by atoms with van der Waals surface area (Å²) in [5, 5.41) is 8.64. The molecule has 2 aromatic rings. The Morgan fingerprint density at radius 2 is 1.87 bits per heavy atom. The summed E-state index contributed by atoms with van der Waals surface area (Å²) in [4.78, 5) is 29.1. The predicted octanol–water partition coefficient (Wildman–Crippen LogP) is 3.86. The first-order valence-electron chi connectivity index (χ1n) is 10.0. The number of ether oxygens (including phenoxy) is 1. The summed E-state index contributed by atoms with van der Waals surface area (Å²) in [5.41, 5.74) is 7.21. The van der Waals surface area contributed by atoms with Crippen LogP contribution in [0.4, 0.5) is 22.1 Å². The second-order valence-electron chi connectivity index (χ2n) is 7.93. The fourth-order valence-electron chi connectivity index (χ4n) is 2.64. The number of rotatable bonds is 9. The first kappa shape index (κ1) is 24.3. The Hall–Kier alpha value is -2.94. The van der Waals surface area contributed by atoms with Gasteiger partial charge in [-0.1, -0.05) is 18.2 Å². The van der Waals surface area contributed by atoms with E-state index in [1.54, 1.807) is 38.6 Å². The van der Waals surface area contributed by atoms with Crippen LogP contribution >= 0.6 is 11.8 Å². The second-order valence-corrected chi connectivity index (χ2v) is 8.92. The minimum Gasteiger partial charge on any atom is -0.444 e. The number of nitrogen functional groups attached to an aromatic ring is 1. The SMILES string of the molecule is CSCC[C@H](NC(=O)OC(C)(C)C)C(=O)Nc1ccc(CNc2ccccc2)c(N)n1. The number of nitrogens with zero attached hydrogens (tertiary/aromatic N) is 1. The van der Waals surface area contributed by atoms with Crippen LogP contribution in [0.2, 0.25) is 0 Å². The molecule has 0 aliphatic carbocycles. The molecular formula is C22H31N5O3S. The summed E-state index contributed by atoms with van der Waals surface area (Å²) in [6, 6.07) is 12.5. The zero-order valence-corrected chi connectivity index (χ0v) is 19.2. The largest absolute Gasteiger partial charge is 0.444 e. The lowest BCUT2D eigenvalue weighted by atomic mass is 10.2. The second kappa shape index (κ2) is 11.5. The van der Waals surface area contributed by atoms with Crippen LogP contribution in [-0.2, 0) is 16.1 Å². The molecule has 0 fully saturated rings. The minimum absolute atomic E-state index is 0.321. The Morgan fingerprint density at radius 3 is 2.48 bits per heavy atom. The van der Waals surface area contributed by atoms with Crippen LogP contribution in [0.5, 0.6) is 0 Å². The van der Waals surface area contributed by atoms with Gasteiger partial charge in [0.2, 0.25) is 5.91 Å². The van der Waals surface area contributed by atoms with E-state index in [0.717, 1.165) is 11.3 Å². The zero-order chi connectivity index (χ0) is 22.9. The lowest BCUT2D eigenvalue weighted by molar-refractivity contribution is -0.118. The number of amides is 2. The van der Waals surface area contributed by atoms with Crippen LogP contribution in [-0.4, -0.2) is 40.6 Å². The van der Waals surface area contributed by atoms with Crippen molar-refractivity contribution in [2.45, 2.75) is 45.4 Å². The first-order chi connectivity index (χ1) is 14.7. The Bertz CT molecular complexity index is 871. The molecule has 1 heterocycles. The third-order valence-electron chi connectivity index (χ3n) is 4.14. The number of para-hydroxylation sites is 1. The third-order valence-corrected chi connectivity index (χ3v) is 4.78. The summed E-state index contributed by atoms with van der Waals surface area (Å²) in [6.45, 7) is 5.81. The molecule has 31 heavy (non-hydrogen) atoms. The fraction of sp³-hybridized carbons (Fsp3) is 0.409. The van der Waals surface area contributed by atoms with Crippen molar-refractivity contribution in [2.75, 3.05) is 28.4 Å². The van der Waals surface area contributed by atoms with Crippen molar-refractivity contribution in [3.63, 3.8) is 0 Å². The van der Waals surface area contributed by atoms with Crippen LogP contribution in [0.15, 0.2) is 42.5 Å². The van der Waals surface area contributed by atoms with Gasteiger partial charge in [0.25, 0.3) is 0 Å². The lowest BCUT2D eigenvalue weighted by Crippen LogP contribution is -2.46. The molecule has 0 unspecified atom stereocenters. The number of alkyl carbamates (subject to hydrolysis) is 1. The number of anilines is 3. The fourth-order valence-corrected chi connectivity index (χ4v) is 3.12. The highest BCUT2D eigenvalue weighted by molar-refractivity contribution is 7.98. The average molecular weight is 446 g/mol. The van der Waals surface area contributed by atoms with Crippen molar-refractivity contribution < 1.29 is 14.3 Å². The number of hydrogen-bond acceptors (Lipinski definition) is 7. The van der Waals surface area contributed by atoms with Crippen LogP contribution in [0.3, 0.4) is 0 Å². The number of hydrogen-bond donors (Lipinski definition) is 4. The molecule has 0 aliphatic rings. The van der Waals surface area contributed by atoms with Crippen molar-refractivity contribution in [3.05, 3.63) is 48.0 Å². The van der Waals surface area contributed by atoms with E-state index in [-0.39, 0.29) is 5.91 Å². The Balaban J connectivity index is 1.99. The van der Waals surface area contributed by atoms with E-state index in [0.29, 0.717) is 30.4 Å². The third kappa shape index (κ3) is 8.75. The molecule has 0 saturated heterocycles. The van der Waals surface area contributed by atoms with E-state index < -0.39 is 17.7 Å². The standard InChI is InChI=1S/C22H31N5O3S/c1-22(2,3)30-21(29)25-17(12-13-31-4)20(28)27-18-11-10-15(19(23)26-18)14-24-16-8-6-5-7-9-16/h5-11,17,24H,12-14H2,1-4H3,(H,25,29)(H3,23,26,27,28)/t17-/m0/s1. The highest BCUT2D eigenvalue weighted by Gasteiger charge is 2.24. The number of pyridine rings is 1. The van der Waals surface area contributed by atoms with Gasteiger partial charge in [-0.25, -0.2) is 9.78 Å². The van der Waals surface area contributed by atoms with Gasteiger partial charge < -0.3 is 26.4 Å². The number of carbonyl (C=O) groups is 2. The number of benzene rings is 1. The molecule has 0 bridgehead atoms. The Labute approximate surface area is 187 Å². The molecule has 1 atom stereocenters. The number of nitrogens with two attached hydrogens (primary N) is 1. The maximum absolute atomic E-state index is 12.7. The van der Waals surface area contributed by atoms with Gasteiger partial charge in [0.1, 0.15) is 23.3 Å². The zero-order valence-electron chi connectivity index (χ0n) is 18.4. The molecule has 168 valence electrons. The molecule has 1 aromatic heterocycles. The van der Waals surface area contributed by atoms with Gasteiger partial charge in [-0.3, -0.25) is 4.79 Å². The van der Waals surface area contributed by atoms with Crippen LogP contribution < -0.4 is 21.7 Å². The van der Waals surface area contributed by atoms with E-state index in [1.165, 1.54) is 0 Å². The van der Waals surface area contributed by atoms with Gasteiger partial charge in [0.15, 0.2) is 0 Å². The smallest absolute Gasteiger partial charge is 0.408 e. The number of aromatic nitrogens is 1. The highest BCUT2D eigenvalue weighted by atomic mass is 32.2. The Kier molecular flexibility index (Phi) is 8.99. The van der Waals surface area contributed by atoms with Crippen molar-refractivity contribution >= 4 is 41.1 Å². The maximum Gasteiger partial charge on any atom is 0.408 e. The van der Waals surface area contributed by atoms with Crippen LogP contribution in [0.25, 0.3) is 0 Å². The van der Waals surface area contributed by atoms with E-state index in [9.17, 15) is 9.59 Å². The molecule has 0 saturated carbocycles. The first-order valence-corrected chi connectivity index (χ1v) is 11.4. The summed E-state index contributed by atoms with van der Waals surface area (Å²) in [5.74, 6) is 0.975. The van der Waals surface area contributed by atoms with Gasteiger partial charge in [0, 0.05) is 17.8 Å². The molecule has 8 nitrogen and oxygen atoms in total. The van der Waals surface area contributed by atoms with Crippen LogP contribution in [0, 0.1) is 0 Å². The molecular weight excluding hydrogens is 414 g/mol. The van der Waals surface area contributed by atoms with Gasteiger partial charge >= 0.3 is 6.09 Å². The van der Waals surface area contributed by atoms with Gasteiger partial charge in [-0.15, -0.1) is 0 Å². The molecule has 1 aromatic carbocycles. The quantitative estimate of drug-likeness (QED) is 0.463. The van der Waals surface area contributed by atoms with E-state index in [2.05, 4.69) is 20.9 Å². The summed E-state index contributed by atoms with van der Waals surface area (Å²) >= 11 is 1.59. The molecule has 0 aliphatic heterocycles. The van der Waals surface area contributed by atoms with E-state index in [1.807, 2.05) is 42.7 Å². The molecule has 5 N–H and O–H groups in total. The van der Waals surface area contributed by atoms with Crippen molar-refractivity contribution in [2.24, 2.45) is 0 Å². The van der Waals surface area contributed by atoms with Crippen LogP contribution in [0.1, 0.15) is 32.8 Å². The molecule has 9 heteroatoms. The van der Waals surface area contributed by atoms with Crippen molar-refractivity contribution in [3.8, 4) is 0 Å². The Morgan fingerprint density at radius 1 is 1.16 bits per heavy atom. The maximum atomic E-state index is 12.7. The van der Waals surface area contributed by atoms with Gasteiger partial charge in [0.05, 0.1) is 0 Å².